The lowest BCUT2D eigenvalue weighted by Gasteiger charge is -2.39. The quantitative estimate of drug-likeness (QED) is 0.453. The number of nitrogens with zero attached hydrogens (tertiary/aromatic N) is 4. The van der Waals surface area contributed by atoms with E-state index in [9.17, 15) is 9.59 Å². The van der Waals surface area contributed by atoms with Gasteiger partial charge in [0.05, 0.1) is 34.4 Å². The lowest BCUT2D eigenvalue weighted by Crippen LogP contribution is -2.40. The Hall–Kier alpha value is -3.58. The van der Waals surface area contributed by atoms with Gasteiger partial charge >= 0.3 is 5.69 Å². The molecule has 3 heterocycles. The third-order valence-electron chi connectivity index (χ3n) is 7.10. The van der Waals surface area contributed by atoms with Crippen molar-refractivity contribution in [2.75, 3.05) is 25.6 Å². The molecule has 182 valence electrons. The zero-order valence-corrected chi connectivity index (χ0v) is 21.4. The SMILES string of the molecule is Cc1ccc(-c2c3c(=O)n(C)c(=O)n(C)c3c3n2C(C)(C)CO[C@@H]3c2ccc(N(C)C)cc2)cc1. The predicted octanol–water partition coefficient (Wildman–Crippen LogP) is 3.93. The maximum atomic E-state index is 13.6. The first-order chi connectivity index (χ1) is 16.5. The molecule has 7 nitrogen and oxygen atoms in total. The van der Waals surface area contributed by atoms with Gasteiger partial charge in [0.15, 0.2) is 0 Å². The number of rotatable bonds is 3. The Morgan fingerprint density at radius 2 is 1.57 bits per heavy atom. The summed E-state index contributed by atoms with van der Waals surface area (Å²) in [5.41, 5.74) is 5.37. The average molecular weight is 473 g/mol. The van der Waals surface area contributed by atoms with Gasteiger partial charge in [-0.25, -0.2) is 4.79 Å². The molecule has 0 N–H and O–H groups in total. The lowest BCUT2D eigenvalue weighted by atomic mass is 9.97. The number of benzene rings is 2. The Kier molecular flexibility index (Phi) is 5.29. The molecule has 0 saturated heterocycles. The standard InChI is InChI=1S/C28H32N4O3/c1-17-8-10-18(11-9-17)22-21-23(30(6)27(34)31(7)26(21)33)24-25(35-16-28(2,3)32(22)24)19-12-14-20(15-13-19)29(4)5/h8-15,25H,16H2,1-7H3/t25-/m1/s1. The molecule has 0 fully saturated rings. The number of anilines is 1. The van der Waals surface area contributed by atoms with Crippen molar-refractivity contribution in [2.45, 2.75) is 32.4 Å². The highest BCUT2D eigenvalue weighted by Crippen LogP contribution is 2.45. The number of hydrogen-bond donors (Lipinski definition) is 0. The molecule has 0 spiro atoms. The van der Waals surface area contributed by atoms with E-state index in [-0.39, 0.29) is 11.2 Å². The molecule has 5 rings (SSSR count). The molecular weight excluding hydrogens is 440 g/mol. The Morgan fingerprint density at radius 3 is 2.17 bits per heavy atom. The summed E-state index contributed by atoms with van der Waals surface area (Å²) in [4.78, 5) is 28.8. The molecule has 0 aliphatic carbocycles. The van der Waals surface area contributed by atoms with E-state index in [1.165, 1.54) is 4.57 Å². The van der Waals surface area contributed by atoms with Crippen LogP contribution < -0.4 is 16.1 Å². The van der Waals surface area contributed by atoms with E-state index in [2.05, 4.69) is 59.7 Å². The highest BCUT2D eigenvalue weighted by molar-refractivity contribution is 5.96. The zero-order chi connectivity index (χ0) is 25.2. The minimum atomic E-state index is -0.435. The predicted molar refractivity (Wildman–Crippen MR) is 140 cm³/mol. The van der Waals surface area contributed by atoms with Gasteiger partial charge in [-0.3, -0.25) is 13.9 Å². The van der Waals surface area contributed by atoms with Gasteiger partial charge in [0.1, 0.15) is 6.10 Å². The Bertz CT molecular complexity index is 1550. The molecule has 0 bridgehead atoms. The molecule has 1 aliphatic rings. The van der Waals surface area contributed by atoms with Gasteiger partial charge < -0.3 is 14.2 Å². The summed E-state index contributed by atoms with van der Waals surface area (Å²) in [5, 5.41) is 0.543. The summed E-state index contributed by atoms with van der Waals surface area (Å²) in [7, 11) is 7.29. The maximum Gasteiger partial charge on any atom is 0.331 e. The van der Waals surface area contributed by atoms with Gasteiger partial charge in [0.2, 0.25) is 0 Å². The van der Waals surface area contributed by atoms with Crippen molar-refractivity contribution in [3.8, 4) is 11.3 Å². The first-order valence-corrected chi connectivity index (χ1v) is 11.8. The van der Waals surface area contributed by atoms with Crippen LogP contribution in [-0.4, -0.2) is 34.4 Å². The van der Waals surface area contributed by atoms with Crippen LogP contribution in [0.2, 0.25) is 0 Å². The van der Waals surface area contributed by atoms with Gasteiger partial charge in [-0.2, -0.15) is 0 Å². The Balaban J connectivity index is 1.93. The van der Waals surface area contributed by atoms with E-state index in [0.29, 0.717) is 17.5 Å². The highest BCUT2D eigenvalue weighted by atomic mass is 16.5. The molecule has 0 unspecified atom stereocenters. The van der Waals surface area contributed by atoms with Crippen LogP contribution in [0, 0.1) is 6.92 Å². The fourth-order valence-electron chi connectivity index (χ4n) is 5.18. The summed E-state index contributed by atoms with van der Waals surface area (Å²) < 4.78 is 11.5. The fraction of sp³-hybridized carbons (Fsp3) is 0.357. The third-order valence-corrected chi connectivity index (χ3v) is 7.10. The maximum absolute atomic E-state index is 13.6. The van der Waals surface area contributed by atoms with Gasteiger partial charge in [-0.1, -0.05) is 42.0 Å². The zero-order valence-electron chi connectivity index (χ0n) is 21.4. The second kappa shape index (κ2) is 7.99. The minimum absolute atomic E-state index is 0.293. The summed E-state index contributed by atoms with van der Waals surface area (Å²) in [6.07, 6.45) is -0.418. The molecule has 0 saturated carbocycles. The first kappa shape index (κ1) is 23.2. The second-order valence-electron chi connectivity index (χ2n) is 10.4. The molecule has 1 aliphatic heterocycles. The van der Waals surface area contributed by atoms with E-state index in [4.69, 9.17) is 4.74 Å². The average Bonchev–Trinajstić information content (AvgIpc) is 3.20. The first-order valence-electron chi connectivity index (χ1n) is 11.8. The Labute approximate surface area is 204 Å². The van der Waals surface area contributed by atoms with Gasteiger partial charge in [0.25, 0.3) is 5.56 Å². The van der Waals surface area contributed by atoms with Crippen LogP contribution in [0.15, 0.2) is 58.1 Å². The topological polar surface area (TPSA) is 61.4 Å². The Morgan fingerprint density at radius 1 is 0.943 bits per heavy atom. The second-order valence-corrected chi connectivity index (χ2v) is 10.4. The largest absolute Gasteiger partial charge is 0.378 e. The van der Waals surface area contributed by atoms with Crippen molar-refractivity contribution in [2.24, 2.45) is 14.1 Å². The van der Waals surface area contributed by atoms with E-state index in [1.807, 2.05) is 33.2 Å². The van der Waals surface area contributed by atoms with Crippen LogP contribution in [0.3, 0.4) is 0 Å². The van der Waals surface area contributed by atoms with Crippen molar-refractivity contribution in [3.05, 3.63) is 86.2 Å². The highest BCUT2D eigenvalue weighted by Gasteiger charge is 2.40. The minimum Gasteiger partial charge on any atom is -0.378 e. The molecule has 1 atom stereocenters. The molecule has 2 aromatic heterocycles. The van der Waals surface area contributed by atoms with Crippen molar-refractivity contribution in [1.82, 2.24) is 13.7 Å². The smallest absolute Gasteiger partial charge is 0.331 e. The number of aromatic nitrogens is 3. The fourth-order valence-corrected chi connectivity index (χ4v) is 5.18. The number of fused-ring (bicyclic) bond motifs is 3. The molecular formula is C28H32N4O3. The van der Waals surface area contributed by atoms with Crippen molar-refractivity contribution in [3.63, 3.8) is 0 Å². The van der Waals surface area contributed by atoms with Gasteiger partial charge in [0, 0.05) is 33.9 Å². The number of aryl methyl sites for hydroxylation is 2. The van der Waals surface area contributed by atoms with Crippen molar-refractivity contribution in [1.29, 1.82) is 0 Å². The molecule has 7 heteroatoms. The van der Waals surface area contributed by atoms with Gasteiger partial charge in [-0.05, 0) is 44.0 Å². The molecule has 35 heavy (non-hydrogen) atoms. The van der Waals surface area contributed by atoms with Crippen LogP contribution in [0.25, 0.3) is 22.2 Å². The van der Waals surface area contributed by atoms with E-state index in [0.717, 1.165) is 33.8 Å². The van der Waals surface area contributed by atoms with E-state index >= 15 is 0 Å². The number of ether oxygens (including phenoxy) is 1. The van der Waals surface area contributed by atoms with Crippen LogP contribution in [-0.2, 0) is 24.4 Å². The van der Waals surface area contributed by atoms with Crippen LogP contribution in [0.4, 0.5) is 5.69 Å². The number of hydrogen-bond acceptors (Lipinski definition) is 4. The summed E-state index contributed by atoms with van der Waals surface area (Å²) in [6, 6.07) is 16.5. The monoisotopic (exact) mass is 472 g/mol. The lowest BCUT2D eigenvalue weighted by molar-refractivity contribution is -0.00706. The molecule has 0 amide bonds. The van der Waals surface area contributed by atoms with E-state index < -0.39 is 11.6 Å². The van der Waals surface area contributed by atoms with Crippen LogP contribution in [0.5, 0.6) is 0 Å². The molecule has 4 aromatic rings. The molecule has 0 radical (unpaired) electrons. The van der Waals surface area contributed by atoms with Crippen LogP contribution in [0.1, 0.15) is 36.8 Å². The summed E-state index contributed by atoms with van der Waals surface area (Å²) in [6.45, 7) is 6.74. The summed E-state index contributed by atoms with van der Waals surface area (Å²) >= 11 is 0. The third kappa shape index (κ3) is 3.45. The molecule has 2 aromatic carbocycles. The van der Waals surface area contributed by atoms with E-state index in [1.54, 1.807) is 18.7 Å². The summed E-state index contributed by atoms with van der Waals surface area (Å²) in [5.74, 6) is 0. The van der Waals surface area contributed by atoms with Crippen molar-refractivity contribution >= 4 is 16.6 Å². The normalized spacial score (nSPS) is 16.9. The van der Waals surface area contributed by atoms with Crippen LogP contribution >= 0.6 is 0 Å². The van der Waals surface area contributed by atoms with Gasteiger partial charge in [-0.15, -0.1) is 0 Å². The van der Waals surface area contributed by atoms with Crippen molar-refractivity contribution < 1.29 is 4.74 Å².